The highest BCUT2D eigenvalue weighted by Gasteiger charge is 2.12. The molecule has 0 fully saturated rings. The van der Waals surface area contributed by atoms with Gasteiger partial charge in [-0.25, -0.2) is 4.39 Å². The lowest BCUT2D eigenvalue weighted by atomic mass is 9.98. The molecule has 1 nitrogen and oxygen atoms in total. The molecule has 0 radical (unpaired) electrons. The second-order valence-corrected chi connectivity index (χ2v) is 5.83. The molecule has 0 aliphatic heterocycles. The van der Waals surface area contributed by atoms with Crippen molar-refractivity contribution in [2.24, 2.45) is 0 Å². The van der Waals surface area contributed by atoms with Crippen LogP contribution < -0.4 is 5.32 Å². The van der Waals surface area contributed by atoms with Crippen molar-refractivity contribution in [3.8, 4) is 0 Å². The highest BCUT2D eigenvalue weighted by molar-refractivity contribution is 6.30. The molecule has 21 heavy (non-hydrogen) atoms. The maximum atomic E-state index is 13.9. The fraction of sp³-hybridized carbons (Fsp3) is 0.333. The molecular formula is C18H21ClFN. The van der Waals surface area contributed by atoms with E-state index in [0.29, 0.717) is 12.0 Å². The van der Waals surface area contributed by atoms with E-state index in [4.69, 9.17) is 11.6 Å². The van der Waals surface area contributed by atoms with Crippen LogP contribution in [0.5, 0.6) is 0 Å². The van der Waals surface area contributed by atoms with Crippen LogP contribution >= 0.6 is 11.6 Å². The zero-order valence-electron chi connectivity index (χ0n) is 12.5. The van der Waals surface area contributed by atoms with Gasteiger partial charge in [-0.05, 0) is 50.4 Å². The molecule has 0 aromatic heterocycles. The minimum absolute atomic E-state index is 0.195. The summed E-state index contributed by atoms with van der Waals surface area (Å²) in [6, 6.07) is 14.0. The van der Waals surface area contributed by atoms with Gasteiger partial charge in [0.25, 0.3) is 0 Å². The van der Waals surface area contributed by atoms with Crippen LogP contribution in [0.3, 0.4) is 0 Å². The number of hydrogen-bond acceptors (Lipinski definition) is 1. The average molecular weight is 306 g/mol. The smallest absolute Gasteiger partial charge is 0.145 e. The van der Waals surface area contributed by atoms with E-state index in [-0.39, 0.29) is 16.9 Å². The van der Waals surface area contributed by atoms with Gasteiger partial charge in [0.2, 0.25) is 0 Å². The first kappa shape index (κ1) is 16.0. The quantitative estimate of drug-likeness (QED) is 0.825. The van der Waals surface area contributed by atoms with Gasteiger partial charge in [-0.3, -0.25) is 0 Å². The van der Waals surface area contributed by atoms with Crippen molar-refractivity contribution in [3.05, 3.63) is 70.0 Å². The Hall–Kier alpha value is -1.38. The average Bonchev–Trinajstić information content (AvgIpc) is 2.49. The van der Waals surface area contributed by atoms with Crippen LogP contribution in [0.2, 0.25) is 5.02 Å². The van der Waals surface area contributed by atoms with Crippen molar-refractivity contribution in [1.29, 1.82) is 0 Å². The summed E-state index contributed by atoms with van der Waals surface area (Å²) in [6.07, 6.45) is 2.59. The summed E-state index contributed by atoms with van der Waals surface area (Å²) in [7, 11) is 1.92. The first-order valence-electron chi connectivity index (χ1n) is 7.26. The molecule has 2 aromatic rings. The third kappa shape index (κ3) is 4.55. The van der Waals surface area contributed by atoms with Crippen LogP contribution in [0.25, 0.3) is 0 Å². The van der Waals surface area contributed by atoms with E-state index in [2.05, 4.69) is 36.5 Å². The second-order valence-electron chi connectivity index (χ2n) is 5.43. The van der Waals surface area contributed by atoms with Gasteiger partial charge < -0.3 is 5.32 Å². The van der Waals surface area contributed by atoms with Crippen molar-refractivity contribution in [2.45, 2.75) is 32.2 Å². The molecule has 3 heteroatoms. The van der Waals surface area contributed by atoms with Gasteiger partial charge in [-0.2, -0.15) is 0 Å². The molecule has 0 spiro atoms. The Kier molecular flexibility index (Phi) is 5.77. The highest BCUT2D eigenvalue weighted by Crippen LogP contribution is 2.20. The van der Waals surface area contributed by atoms with Crippen molar-refractivity contribution in [2.75, 3.05) is 7.05 Å². The van der Waals surface area contributed by atoms with E-state index in [1.807, 2.05) is 7.05 Å². The second kappa shape index (κ2) is 7.58. The van der Waals surface area contributed by atoms with Crippen LogP contribution in [0.4, 0.5) is 4.39 Å². The number of likely N-dealkylation sites (N-methyl/N-ethyl adjacent to an activating group) is 1. The molecular weight excluding hydrogens is 285 g/mol. The molecule has 0 bridgehead atoms. The molecule has 1 N–H and O–H groups in total. The Morgan fingerprint density at radius 2 is 1.86 bits per heavy atom. The molecule has 1 atom stereocenters. The Bertz CT molecular complexity index is 580. The predicted molar refractivity (Wildman–Crippen MR) is 87.5 cm³/mol. The number of benzene rings is 2. The van der Waals surface area contributed by atoms with E-state index in [1.54, 1.807) is 18.2 Å². The standard InChI is InChI=1S/C18H21ClFN/c1-13-6-8-14(9-7-13)10-11-16(21-2)12-15-4-3-5-17(19)18(15)20/h3-9,16,21H,10-12H2,1-2H3. The largest absolute Gasteiger partial charge is 0.317 e. The van der Waals surface area contributed by atoms with Gasteiger partial charge in [0.15, 0.2) is 0 Å². The lowest BCUT2D eigenvalue weighted by molar-refractivity contribution is 0.504. The molecule has 0 aliphatic carbocycles. The number of nitrogens with one attached hydrogen (secondary N) is 1. The van der Waals surface area contributed by atoms with Gasteiger partial charge in [-0.15, -0.1) is 0 Å². The Morgan fingerprint density at radius 3 is 2.52 bits per heavy atom. The molecule has 2 aromatic carbocycles. The number of rotatable bonds is 6. The first-order chi connectivity index (χ1) is 10.1. The SMILES string of the molecule is CNC(CCc1ccc(C)cc1)Cc1cccc(Cl)c1F. The summed E-state index contributed by atoms with van der Waals surface area (Å²) in [5, 5.41) is 3.46. The maximum absolute atomic E-state index is 13.9. The summed E-state index contributed by atoms with van der Waals surface area (Å²) in [5.74, 6) is -0.297. The molecule has 0 heterocycles. The maximum Gasteiger partial charge on any atom is 0.145 e. The van der Waals surface area contributed by atoms with Crippen LogP contribution in [-0.4, -0.2) is 13.1 Å². The molecule has 0 amide bonds. The Morgan fingerprint density at radius 1 is 1.14 bits per heavy atom. The molecule has 1 unspecified atom stereocenters. The van der Waals surface area contributed by atoms with Gasteiger partial charge in [0.1, 0.15) is 5.82 Å². The summed E-state index contributed by atoms with van der Waals surface area (Å²) >= 11 is 5.83. The van der Waals surface area contributed by atoms with Crippen LogP contribution in [0.15, 0.2) is 42.5 Å². The van der Waals surface area contributed by atoms with Crippen molar-refractivity contribution in [3.63, 3.8) is 0 Å². The lowest BCUT2D eigenvalue weighted by Gasteiger charge is -2.17. The fourth-order valence-electron chi connectivity index (χ4n) is 2.42. The zero-order valence-corrected chi connectivity index (χ0v) is 13.3. The van der Waals surface area contributed by atoms with Crippen LogP contribution in [0, 0.1) is 12.7 Å². The first-order valence-corrected chi connectivity index (χ1v) is 7.63. The molecule has 0 saturated carbocycles. The van der Waals surface area contributed by atoms with Crippen LogP contribution in [-0.2, 0) is 12.8 Å². The summed E-state index contributed by atoms with van der Waals surface area (Å²) in [4.78, 5) is 0. The van der Waals surface area contributed by atoms with Crippen molar-refractivity contribution in [1.82, 2.24) is 5.32 Å². The minimum Gasteiger partial charge on any atom is -0.317 e. The van der Waals surface area contributed by atoms with E-state index < -0.39 is 0 Å². The van der Waals surface area contributed by atoms with Gasteiger partial charge in [0, 0.05) is 6.04 Å². The number of halogens is 2. The third-order valence-corrected chi connectivity index (χ3v) is 4.10. The van der Waals surface area contributed by atoms with E-state index in [1.165, 1.54) is 11.1 Å². The number of aryl methyl sites for hydroxylation is 2. The molecule has 2 rings (SSSR count). The van der Waals surface area contributed by atoms with Crippen molar-refractivity contribution < 1.29 is 4.39 Å². The Labute approximate surface area is 131 Å². The summed E-state index contributed by atoms with van der Waals surface area (Å²) in [5.41, 5.74) is 3.25. The number of hydrogen-bond donors (Lipinski definition) is 1. The molecule has 0 aliphatic rings. The van der Waals surface area contributed by atoms with Crippen molar-refractivity contribution >= 4 is 11.6 Å². The summed E-state index contributed by atoms with van der Waals surface area (Å²) < 4.78 is 13.9. The van der Waals surface area contributed by atoms with Gasteiger partial charge in [0.05, 0.1) is 5.02 Å². The Balaban J connectivity index is 1.97. The van der Waals surface area contributed by atoms with Gasteiger partial charge in [-0.1, -0.05) is 53.6 Å². The summed E-state index contributed by atoms with van der Waals surface area (Å²) in [6.45, 7) is 2.09. The third-order valence-electron chi connectivity index (χ3n) is 3.81. The van der Waals surface area contributed by atoms with Crippen LogP contribution in [0.1, 0.15) is 23.1 Å². The van der Waals surface area contributed by atoms with Gasteiger partial charge >= 0.3 is 0 Å². The van der Waals surface area contributed by atoms with E-state index >= 15 is 0 Å². The normalized spacial score (nSPS) is 12.4. The topological polar surface area (TPSA) is 12.0 Å². The van der Waals surface area contributed by atoms with E-state index in [9.17, 15) is 4.39 Å². The predicted octanol–water partition coefficient (Wildman–Crippen LogP) is 4.55. The lowest BCUT2D eigenvalue weighted by Crippen LogP contribution is -2.28. The molecule has 112 valence electrons. The van der Waals surface area contributed by atoms with E-state index in [0.717, 1.165) is 12.8 Å². The minimum atomic E-state index is -0.297. The zero-order chi connectivity index (χ0) is 15.2. The fourth-order valence-corrected chi connectivity index (χ4v) is 2.61. The molecule has 0 saturated heterocycles. The highest BCUT2D eigenvalue weighted by atomic mass is 35.5. The monoisotopic (exact) mass is 305 g/mol.